The zero-order chi connectivity index (χ0) is 14.0. The number of rotatable bonds is 3. The molecule has 2 aromatic rings. The summed E-state index contributed by atoms with van der Waals surface area (Å²) in [7, 11) is 0. The number of benzene rings is 1. The minimum atomic E-state index is -0.633. The van der Waals surface area contributed by atoms with E-state index < -0.39 is 11.7 Å². The van der Waals surface area contributed by atoms with Crippen molar-refractivity contribution in [3.63, 3.8) is 0 Å². The van der Waals surface area contributed by atoms with Gasteiger partial charge in [0.25, 0.3) is 0 Å². The van der Waals surface area contributed by atoms with Gasteiger partial charge in [0.2, 0.25) is 0 Å². The molecule has 0 bridgehead atoms. The maximum Gasteiger partial charge on any atom is 0.347 e. The van der Waals surface area contributed by atoms with Crippen LogP contribution in [0.5, 0.6) is 5.75 Å². The summed E-state index contributed by atoms with van der Waals surface area (Å²) in [5.41, 5.74) is 0.479. The lowest BCUT2D eigenvalue weighted by Gasteiger charge is -2.22. The van der Waals surface area contributed by atoms with Crippen LogP contribution in [0.25, 0.3) is 10.9 Å². The number of carbonyl (C=O) groups is 1. The molecule has 102 valence electrons. The Morgan fingerprint density at radius 1 is 1.26 bits per heavy atom. The molecule has 2 rings (SSSR count). The fraction of sp³-hybridized carbons (Fsp3) is 0.400. The first kappa shape index (κ1) is 13.5. The third-order valence-electron chi connectivity index (χ3n) is 2.58. The number of fused-ring (bicyclic) bond motifs is 1. The topological polar surface area (TPSA) is 51.3 Å². The van der Waals surface area contributed by atoms with Crippen LogP contribution in [0.1, 0.15) is 27.7 Å². The molecular weight excluding hydrogens is 242 g/mol. The molecule has 19 heavy (non-hydrogen) atoms. The van der Waals surface area contributed by atoms with Crippen molar-refractivity contribution in [1.82, 2.24) is 4.98 Å². The first-order valence-corrected chi connectivity index (χ1v) is 6.32. The van der Waals surface area contributed by atoms with Gasteiger partial charge in [-0.25, -0.2) is 4.79 Å². The van der Waals surface area contributed by atoms with Crippen LogP contribution in [0.4, 0.5) is 0 Å². The summed E-state index contributed by atoms with van der Waals surface area (Å²) in [6.07, 6.45) is 1.23. The largest absolute Gasteiger partial charge is 0.479 e. The van der Waals surface area contributed by atoms with Gasteiger partial charge in [-0.3, -0.25) is 0 Å². The monoisotopic (exact) mass is 261 g/mol. The van der Waals surface area contributed by atoms with Crippen LogP contribution >= 0.6 is 0 Å². The number of H-pyrrole nitrogens is 1. The molecule has 1 N–H and O–H groups in total. The lowest BCUT2D eigenvalue weighted by atomic mass is 10.2. The molecule has 0 saturated carbocycles. The zero-order valence-electron chi connectivity index (χ0n) is 11.7. The zero-order valence-corrected chi connectivity index (χ0v) is 11.7. The molecule has 0 aliphatic carbocycles. The summed E-state index contributed by atoms with van der Waals surface area (Å²) in [5, 5.41) is 1.11. The van der Waals surface area contributed by atoms with E-state index >= 15 is 0 Å². The van der Waals surface area contributed by atoms with E-state index in [9.17, 15) is 4.79 Å². The van der Waals surface area contributed by atoms with Crippen molar-refractivity contribution in [2.24, 2.45) is 0 Å². The Morgan fingerprint density at radius 3 is 2.68 bits per heavy atom. The Bertz CT molecular complexity index is 580. The number of hydrogen-bond donors (Lipinski definition) is 1. The Kier molecular flexibility index (Phi) is 3.51. The second-order valence-corrected chi connectivity index (χ2v) is 5.52. The minimum absolute atomic E-state index is 0.362. The third kappa shape index (κ3) is 3.50. The minimum Gasteiger partial charge on any atom is -0.479 e. The predicted molar refractivity (Wildman–Crippen MR) is 74.2 cm³/mol. The van der Waals surface area contributed by atoms with Gasteiger partial charge in [-0.15, -0.1) is 0 Å². The van der Waals surface area contributed by atoms with Gasteiger partial charge in [0, 0.05) is 17.8 Å². The van der Waals surface area contributed by atoms with E-state index in [2.05, 4.69) is 4.98 Å². The maximum atomic E-state index is 11.8. The normalized spacial score (nSPS) is 13.3. The van der Waals surface area contributed by atoms with E-state index in [0.29, 0.717) is 5.75 Å². The number of ether oxygens (including phenoxy) is 2. The molecule has 0 radical (unpaired) electrons. The second-order valence-electron chi connectivity index (χ2n) is 5.52. The van der Waals surface area contributed by atoms with Crippen molar-refractivity contribution < 1.29 is 14.3 Å². The Balaban J connectivity index is 2.05. The Hall–Kier alpha value is -1.97. The van der Waals surface area contributed by atoms with Crippen molar-refractivity contribution in [3.8, 4) is 5.75 Å². The molecule has 1 aromatic heterocycles. The lowest BCUT2D eigenvalue weighted by molar-refractivity contribution is -0.162. The van der Waals surface area contributed by atoms with Crippen LogP contribution in [0.3, 0.4) is 0 Å². The molecule has 0 fully saturated rings. The van der Waals surface area contributed by atoms with Crippen molar-refractivity contribution in [3.05, 3.63) is 30.5 Å². The Labute approximate surface area is 112 Å². The van der Waals surface area contributed by atoms with Crippen molar-refractivity contribution in [1.29, 1.82) is 0 Å². The predicted octanol–water partition coefficient (Wildman–Crippen LogP) is 3.28. The highest BCUT2D eigenvalue weighted by Gasteiger charge is 2.23. The number of aromatic amines is 1. The molecule has 1 unspecified atom stereocenters. The average molecular weight is 261 g/mol. The Morgan fingerprint density at radius 2 is 2.00 bits per heavy atom. The van der Waals surface area contributed by atoms with E-state index in [0.717, 1.165) is 10.9 Å². The van der Waals surface area contributed by atoms with Crippen LogP contribution < -0.4 is 4.74 Å². The quantitative estimate of drug-likeness (QED) is 0.863. The van der Waals surface area contributed by atoms with Crippen LogP contribution in [0.2, 0.25) is 0 Å². The number of hydrogen-bond acceptors (Lipinski definition) is 3. The number of aromatic nitrogens is 1. The fourth-order valence-electron chi connectivity index (χ4n) is 1.74. The molecule has 1 heterocycles. The van der Waals surface area contributed by atoms with Crippen molar-refractivity contribution in [2.45, 2.75) is 39.4 Å². The number of carbonyl (C=O) groups excluding carboxylic acids is 1. The summed E-state index contributed by atoms with van der Waals surface area (Å²) < 4.78 is 10.9. The highest BCUT2D eigenvalue weighted by Crippen LogP contribution is 2.21. The molecule has 0 aliphatic rings. The lowest BCUT2D eigenvalue weighted by Crippen LogP contribution is -2.33. The SMILES string of the molecule is CC(Oc1ccc2cc[nH]c2c1)C(=O)OC(C)(C)C. The van der Waals surface area contributed by atoms with Gasteiger partial charge < -0.3 is 14.5 Å². The van der Waals surface area contributed by atoms with Crippen molar-refractivity contribution >= 4 is 16.9 Å². The van der Waals surface area contributed by atoms with Gasteiger partial charge in [-0.05, 0) is 51.3 Å². The third-order valence-corrected chi connectivity index (χ3v) is 2.58. The first-order chi connectivity index (χ1) is 8.85. The number of esters is 1. The molecule has 1 atom stereocenters. The van der Waals surface area contributed by atoms with Gasteiger partial charge >= 0.3 is 5.97 Å². The van der Waals surface area contributed by atoms with E-state index in [4.69, 9.17) is 9.47 Å². The first-order valence-electron chi connectivity index (χ1n) is 6.32. The smallest absolute Gasteiger partial charge is 0.347 e. The molecule has 4 heteroatoms. The van der Waals surface area contributed by atoms with Gasteiger partial charge in [0.15, 0.2) is 6.10 Å². The van der Waals surface area contributed by atoms with Gasteiger partial charge in [-0.1, -0.05) is 0 Å². The molecule has 0 spiro atoms. The average Bonchev–Trinajstić information content (AvgIpc) is 2.73. The molecule has 1 aromatic carbocycles. The van der Waals surface area contributed by atoms with E-state index in [1.807, 2.05) is 51.2 Å². The summed E-state index contributed by atoms with van der Waals surface area (Å²) in [5.74, 6) is 0.285. The van der Waals surface area contributed by atoms with Crippen LogP contribution in [-0.2, 0) is 9.53 Å². The summed E-state index contributed by atoms with van der Waals surface area (Å²) in [6.45, 7) is 7.20. The standard InChI is InChI=1S/C15H19NO3/c1-10(14(17)19-15(2,3)4)18-12-6-5-11-7-8-16-13(11)9-12/h5-10,16H,1-4H3. The van der Waals surface area contributed by atoms with E-state index in [1.165, 1.54) is 0 Å². The second kappa shape index (κ2) is 4.96. The highest BCUT2D eigenvalue weighted by atomic mass is 16.6. The van der Waals surface area contributed by atoms with Gasteiger partial charge in [-0.2, -0.15) is 0 Å². The fourth-order valence-corrected chi connectivity index (χ4v) is 1.74. The molecule has 4 nitrogen and oxygen atoms in total. The van der Waals surface area contributed by atoms with E-state index in [-0.39, 0.29) is 5.97 Å². The van der Waals surface area contributed by atoms with Crippen LogP contribution in [0.15, 0.2) is 30.5 Å². The maximum absolute atomic E-state index is 11.8. The van der Waals surface area contributed by atoms with Crippen molar-refractivity contribution in [2.75, 3.05) is 0 Å². The highest BCUT2D eigenvalue weighted by molar-refractivity contribution is 5.81. The van der Waals surface area contributed by atoms with Crippen LogP contribution in [0, 0.1) is 0 Å². The molecular formula is C15H19NO3. The van der Waals surface area contributed by atoms with Gasteiger partial charge in [0.1, 0.15) is 11.4 Å². The van der Waals surface area contributed by atoms with Crippen LogP contribution in [-0.4, -0.2) is 22.7 Å². The van der Waals surface area contributed by atoms with Gasteiger partial charge in [0.05, 0.1) is 0 Å². The summed E-state index contributed by atoms with van der Waals surface area (Å²) in [4.78, 5) is 14.9. The summed E-state index contributed by atoms with van der Waals surface area (Å²) in [6, 6.07) is 7.65. The number of nitrogens with one attached hydrogen (secondary N) is 1. The molecule has 0 aliphatic heterocycles. The molecule has 0 saturated heterocycles. The van der Waals surface area contributed by atoms with E-state index in [1.54, 1.807) is 6.92 Å². The summed E-state index contributed by atoms with van der Waals surface area (Å²) >= 11 is 0. The molecule has 0 amide bonds.